The lowest BCUT2D eigenvalue weighted by molar-refractivity contribution is 0.120. The van der Waals surface area contributed by atoms with Gasteiger partial charge in [0.1, 0.15) is 0 Å². The Bertz CT molecular complexity index is 134. The molecule has 1 saturated carbocycles. The third-order valence-corrected chi connectivity index (χ3v) is 2.88. The minimum atomic E-state index is 0.00681. The molecule has 1 fully saturated rings. The summed E-state index contributed by atoms with van der Waals surface area (Å²) in [5.74, 6) is 0.601. The van der Waals surface area contributed by atoms with Gasteiger partial charge < -0.3 is 5.11 Å². The summed E-state index contributed by atoms with van der Waals surface area (Å²) in [6.45, 7) is 6.82. The predicted molar refractivity (Wildman–Crippen MR) is 52.0 cm³/mol. The molecule has 0 aromatic heterocycles. The normalized spacial score (nSPS) is 31.0. The quantitative estimate of drug-likeness (QED) is 0.675. The van der Waals surface area contributed by atoms with Gasteiger partial charge in [-0.05, 0) is 37.0 Å². The molecule has 1 N–H and O–H groups in total. The fourth-order valence-electron chi connectivity index (χ4n) is 1.97. The second-order valence-electron chi connectivity index (χ2n) is 5.36. The zero-order valence-electron chi connectivity index (χ0n) is 8.64. The van der Waals surface area contributed by atoms with Crippen LogP contribution in [0, 0.1) is 11.3 Å². The summed E-state index contributed by atoms with van der Waals surface area (Å²) in [6.07, 6.45) is 5.98. The molecule has 1 nitrogen and oxygen atoms in total. The first kappa shape index (κ1) is 10.0. The van der Waals surface area contributed by atoms with Crippen LogP contribution in [0.1, 0.15) is 52.9 Å². The van der Waals surface area contributed by atoms with Gasteiger partial charge in [-0.15, -0.1) is 0 Å². The molecule has 2 atom stereocenters. The molecule has 0 spiro atoms. The maximum Gasteiger partial charge on any atom is 0.0568 e. The topological polar surface area (TPSA) is 20.2 Å². The lowest BCUT2D eigenvalue weighted by atomic mass is 9.86. The molecule has 72 valence electrons. The second-order valence-corrected chi connectivity index (χ2v) is 5.36. The van der Waals surface area contributed by atoms with Crippen molar-refractivity contribution in [3.05, 3.63) is 0 Å². The first-order valence-electron chi connectivity index (χ1n) is 5.17. The van der Waals surface area contributed by atoms with E-state index in [1.54, 1.807) is 0 Å². The van der Waals surface area contributed by atoms with E-state index in [1.165, 1.54) is 25.7 Å². The van der Waals surface area contributed by atoms with Crippen LogP contribution in [-0.4, -0.2) is 11.2 Å². The Hall–Kier alpha value is -0.0400. The van der Waals surface area contributed by atoms with Gasteiger partial charge in [0, 0.05) is 0 Å². The van der Waals surface area contributed by atoms with Crippen molar-refractivity contribution in [3.8, 4) is 0 Å². The van der Waals surface area contributed by atoms with Gasteiger partial charge in [0.2, 0.25) is 0 Å². The highest BCUT2D eigenvalue weighted by Crippen LogP contribution is 2.33. The molecule has 0 saturated heterocycles. The lowest BCUT2D eigenvalue weighted by Crippen LogP contribution is -2.16. The van der Waals surface area contributed by atoms with Crippen LogP contribution in [0.15, 0.2) is 0 Å². The van der Waals surface area contributed by atoms with Gasteiger partial charge >= 0.3 is 0 Å². The Kier molecular flexibility index (Phi) is 3.16. The van der Waals surface area contributed by atoms with Crippen molar-refractivity contribution >= 4 is 0 Å². The van der Waals surface area contributed by atoms with E-state index in [1.807, 2.05) is 0 Å². The smallest absolute Gasteiger partial charge is 0.0568 e. The van der Waals surface area contributed by atoms with Crippen molar-refractivity contribution in [3.63, 3.8) is 0 Å². The standard InChI is InChI=1S/C11H22O/c1-11(2,3)8-7-9-5-4-6-10(9)12/h9-10,12H,4-8H2,1-3H3. The molecule has 0 heterocycles. The number of hydrogen-bond acceptors (Lipinski definition) is 1. The Morgan fingerprint density at radius 3 is 2.33 bits per heavy atom. The van der Waals surface area contributed by atoms with Gasteiger partial charge in [0.05, 0.1) is 6.10 Å². The van der Waals surface area contributed by atoms with E-state index < -0.39 is 0 Å². The van der Waals surface area contributed by atoms with E-state index in [2.05, 4.69) is 20.8 Å². The largest absolute Gasteiger partial charge is 0.393 e. The Morgan fingerprint density at radius 2 is 1.92 bits per heavy atom. The van der Waals surface area contributed by atoms with E-state index in [0.717, 1.165) is 6.42 Å². The average Bonchev–Trinajstić information content (AvgIpc) is 2.29. The SMILES string of the molecule is CC(C)(C)CCC1CCCC1O. The van der Waals surface area contributed by atoms with Crippen LogP contribution in [0.3, 0.4) is 0 Å². The molecule has 0 aliphatic heterocycles. The molecule has 1 rings (SSSR count). The highest BCUT2D eigenvalue weighted by atomic mass is 16.3. The van der Waals surface area contributed by atoms with Crippen molar-refractivity contribution in [2.75, 3.05) is 0 Å². The molecule has 0 bridgehead atoms. The van der Waals surface area contributed by atoms with Gasteiger partial charge in [-0.25, -0.2) is 0 Å². The molecular weight excluding hydrogens is 148 g/mol. The summed E-state index contributed by atoms with van der Waals surface area (Å²) in [5, 5.41) is 9.59. The van der Waals surface area contributed by atoms with E-state index in [4.69, 9.17) is 0 Å². The van der Waals surface area contributed by atoms with Crippen LogP contribution in [0.4, 0.5) is 0 Å². The van der Waals surface area contributed by atoms with E-state index in [-0.39, 0.29) is 6.10 Å². The third kappa shape index (κ3) is 3.14. The van der Waals surface area contributed by atoms with E-state index in [9.17, 15) is 5.11 Å². The van der Waals surface area contributed by atoms with Crippen LogP contribution >= 0.6 is 0 Å². The van der Waals surface area contributed by atoms with E-state index in [0.29, 0.717) is 11.3 Å². The summed E-state index contributed by atoms with van der Waals surface area (Å²) in [5.41, 5.74) is 0.433. The highest BCUT2D eigenvalue weighted by Gasteiger charge is 2.26. The minimum absolute atomic E-state index is 0.00681. The Balaban J connectivity index is 2.23. The Labute approximate surface area is 76.2 Å². The Morgan fingerprint density at radius 1 is 1.25 bits per heavy atom. The third-order valence-electron chi connectivity index (χ3n) is 2.88. The molecule has 12 heavy (non-hydrogen) atoms. The minimum Gasteiger partial charge on any atom is -0.393 e. The molecule has 0 radical (unpaired) electrons. The van der Waals surface area contributed by atoms with Gasteiger partial charge in [-0.1, -0.05) is 27.2 Å². The van der Waals surface area contributed by atoms with Gasteiger partial charge in [-0.3, -0.25) is 0 Å². The highest BCUT2D eigenvalue weighted by molar-refractivity contribution is 4.78. The molecule has 1 heteroatoms. The van der Waals surface area contributed by atoms with Crippen molar-refractivity contribution in [2.24, 2.45) is 11.3 Å². The fraction of sp³-hybridized carbons (Fsp3) is 1.00. The summed E-state index contributed by atoms with van der Waals surface area (Å²) in [6, 6.07) is 0. The number of rotatable bonds is 2. The van der Waals surface area contributed by atoms with E-state index >= 15 is 0 Å². The van der Waals surface area contributed by atoms with Gasteiger partial charge in [0.25, 0.3) is 0 Å². The number of hydrogen-bond donors (Lipinski definition) is 1. The first-order valence-corrected chi connectivity index (χ1v) is 5.17. The van der Waals surface area contributed by atoms with Crippen LogP contribution in [0.25, 0.3) is 0 Å². The molecule has 1 aliphatic carbocycles. The van der Waals surface area contributed by atoms with Crippen molar-refractivity contribution in [1.82, 2.24) is 0 Å². The van der Waals surface area contributed by atoms with Crippen LogP contribution in [-0.2, 0) is 0 Å². The van der Waals surface area contributed by atoms with Gasteiger partial charge in [0.15, 0.2) is 0 Å². The molecular formula is C11H22O. The molecule has 0 amide bonds. The van der Waals surface area contributed by atoms with Crippen LogP contribution in [0.5, 0.6) is 0 Å². The monoisotopic (exact) mass is 170 g/mol. The van der Waals surface area contributed by atoms with Crippen molar-refractivity contribution in [1.29, 1.82) is 0 Å². The van der Waals surface area contributed by atoms with Crippen molar-refractivity contribution < 1.29 is 5.11 Å². The molecule has 2 unspecified atom stereocenters. The lowest BCUT2D eigenvalue weighted by Gasteiger charge is -2.22. The zero-order valence-corrected chi connectivity index (χ0v) is 8.64. The van der Waals surface area contributed by atoms with Crippen LogP contribution in [0.2, 0.25) is 0 Å². The fourth-order valence-corrected chi connectivity index (χ4v) is 1.97. The summed E-state index contributed by atoms with van der Waals surface area (Å²) in [4.78, 5) is 0. The van der Waals surface area contributed by atoms with Crippen molar-refractivity contribution in [2.45, 2.75) is 59.0 Å². The van der Waals surface area contributed by atoms with Gasteiger partial charge in [-0.2, -0.15) is 0 Å². The summed E-state index contributed by atoms with van der Waals surface area (Å²) in [7, 11) is 0. The maximum atomic E-state index is 9.59. The predicted octanol–water partition coefficient (Wildman–Crippen LogP) is 2.97. The molecule has 0 aromatic carbocycles. The summed E-state index contributed by atoms with van der Waals surface area (Å²) >= 11 is 0. The van der Waals surface area contributed by atoms with Crippen LogP contribution < -0.4 is 0 Å². The molecule has 0 aromatic rings. The first-order chi connectivity index (χ1) is 5.49. The average molecular weight is 170 g/mol. The molecule has 1 aliphatic rings. The summed E-state index contributed by atoms with van der Waals surface area (Å²) < 4.78 is 0. The second kappa shape index (κ2) is 3.78. The number of aliphatic hydroxyl groups excluding tert-OH is 1. The zero-order chi connectivity index (χ0) is 9.19. The number of aliphatic hydroxyl groups is 1. The maximum absolute atomic E-state index is 9.59.